The Morgan fingerprint density at radius 2 is 1.93 bits per heavy atom. The number of carboxylic acid groups (broad SMARTS) is 1. The van der Waals surface area contributed by atoms with Crippen LogP contribution >= 0.6 is 11.8 Å². The summed E-state index contributed by atoms with van der Waals surface area (Å²) in [6.07, 6.45) is 0.226. The quantitative estimate of drug-likeness (QED) is 0.382. The first-order chi connectivity index (χ1) is 13.4. The zero-order chi connectivity index (χ0) is 20.0. The van der Waals surface area contributed by atoms with E-state index in [1.54, 1.807) is 18.7 Å². The normalized spacial score (nSPS) is 37.6. The molecule has 3 saturated heterocycles. The summed E-state index contributed by atoms with van der Waals surface area (Å²) < 4.78 is 0. The van der Waals surface area contributed by atoms with Crippen molar-refractivity contribution in [1.29, 1.82) is 0 Å². The first kappa shape index (κ1) is 20.2. The maximum absolute atomic E-state index is 12.5. The number of fused-ring (bicyclic) bond motifs is 1. The number of aliphatic carboxylic acids is 1. The van der Waals surface area contributed by atoms with Gasteiger partial charge in [-0.25, -0.2) is 4.79 Å². The number of carboxylic acids is 1. The van der Waals surface area contributed by atoms with Gasteiger partial charge in [0.15, 0.2) is 0 Å². The predicted molar refractivity (Wildman–Crippen MR) is 107 cm³/mol. The molecule has 4 rings (SSSR count). The van der Waals surface area contributed by atoms with Crippen LogP contribution in [-0.2, 0) is 9.59 Å². The Bertz CT molecular complexity index is 677. The molecule has 4 aliphatic rings. The van der Waals surface area contributed by atoms with Crippen molar-refractivity contribution in [2.24, 2.45) is 17.8 Å². The Balaban J connectivity index is 1.46. The molecule has 0 aliphatic carbocycles. The van der Waals surface area contributed by atoms with E-state index in [4.69, 9.17) is 0 Å². The van der Waals surface area contributed by atoms with E-state index in [0.717, 1.165) is 44.0 Å². The Labute approximate surface area is 169 Å². The Kier molecular flexibility index (Phi) is 5.72. The van der Waals surface area contributed by atoms with Crippen LogP contribution in [0.5, 0.6) is 0 Å². The van der Waals surface area contributed by atoms with Crippen molar-refractivity contribution < 1.29 is 19.8 Å². The minimum atomic E-state index is -1.05. The largest absolute Gasteiger partial charge is 0.477 e. The van der Waals surface area contributed by atoms with Gasteiger partial charge in [0.25, 0.3) is 0 Å². The molecule has 8 nitrogen and oxygen atoms in total. The van der Waals surface area contributed by atoms with Crippen LogP contribution in [-0.4, -0.2) is 83.2 Å². The second-order valence-electron chi connectivity index (χ2n) is 8.43. The summed E-state index contributed by atoms with van der Waals surface area (Å²) in [6.45, 7) is 8.39. The van der Waals surface area contributed by atoms with Crippen molar-refractivity contribution in [3.8, 4) is 0 Å². The van der Waals surface area contributed by atoms with Gasteiger partial charge in [-0.15, -0.1) is 11.8 Å². The first-order valence-corrected chi connectivity index (χ1v) is 11.1. The highest BCUT2D eigenvalue weighted by molar-refractivity contribution is 8.03. The molecule has 3 fully saturated rings. The third-order valence-corrected chi connectivity index (χ3v) is 8.10. The third kappa shape index (κ3) is 3.37. The number of carbonyl (C=O) groups excluding carboxylic acids is 1. The van der Waals surface area contributed by atoms with E-state index in [9.17, 15) is 19.8 Å². The van der Waals surface area contributed by atoms with Gasteiger partial charge >= 0.3 is 5.97 Å². The molecular weight excluding hydrogens is 380 g/mol. The molecule has 0 saturated carbocycles. The summed E-state index contributed by atoms with van der Waals surface area (Å²) in [4.78, 5) is 26.6. The molecule has 0 bridgehead atoms. The smallest absolute Gasteiger partial charge is 0.353 e. The molecule has 0 aromatic heterocycles. The van der Waals surface area contributed by atoms with Gasteiger partial charge in [-0.2, -0.15) is 0 Å². The molecule has 1 amide bonds. The second-order valence-corrected chi connectivity index (χ2v) is 9.77. The second kappa shape index (κ2) is 7.95. The molecule has 4 heterocycles. The van der Waals surface area contributed by atoms with E-state index in [0.29, 0.717) is 17.2 Å². The van der Waals surface area contributed by atoms with Crippen LogP contribution in [0.3, 0.4) is 0 Å². The van der Waals surface area contributed by atoms with E-state index in [1.165, 1.54) is 4.90 Å². The maximum Gasteiger partial charge on any atom is 0.353 e. The van der Waals surface area contributed by atoms with Crippen LogP contribution in [0.2, 0.25) is 0 Å². The number of carbonyl (C=O) groups is 2. The van der Waals surface area contributed by atoms with Crippen molar-refractivity contribution >= 4 is 23.6 Å². The number of amides is 1. The minimum Gasteiger partial charge on any atom is -0.477 e. The predicted octanol–water partition coefficient (Wildman–Crippen LogP) is -0.587. The Morgan fingerprint density at radius 1 is 1.25 bits per heavy atom. The van der Waals surface area contributed by atoms with E-state index in [2.05, 4.69) is 16.0 Å². The SMILES string of the molecule is C[C@@H](O)C1C(=O)N2C(C(=O)O)=C(S[C@@H]3CN[C@H](C4CNCCNC4)C3)[C@H](C)[C@@H]12. The minimum absolute atomic E-state index is 0.0614. The maximum atomic E-state index is 12.5. The fourth-order valence-corrected chi connectivity index (χ4v) is 6.64. The molecule has 0 aromatic carbocycles. The molecule has 6 atom stereocenters. The number of thioether (sulfide) groups is 1. The zero-order valence-corrected chi connectivity index (χ0v) is 17.2. The van der Waals surface area contributed by atoms with Gasteiger partial charge in [0.05, 0.1) is 18.1 Å². The highest BCUT2D eigenvalue weighted by Crippen LogP contribution is 2.51. The van der Waals surface area contributed by atoms with Crippen molar-refractivity contribution in [3.63, 3.8) is 0 Å². The number of aliphatic hydroxyl groups excluding tert-OH is 1. The van der Waals surface area contributed by atoms with Gasteiger partial charge < -0.3 is 31.1 Å². The van der Waals surface area contributed by atoms with Gasteiger partial charge in [-0.1, -0.05) is 6.92 Å². The lowest BCUT2D eigenvalue weighted by molar-refractivity contribution is -0.163. The fraction of sp³-hybridized carbons (Fsp3) is 0.789. The zero-order valence-electron chi connectivity index (χ0n) is 16.4. The van der Waals surface area contributed by atoms with Crippen molar-refractivity contribution in [2.75, 3.05) is 32.7 Å². The van der Waals surface area contributed by atoms with Gasteiger partial charge in [-0.3, -0.25) is 4.79 Å². The molecule has 5 N–H and O–H groups in total. The summed E-state index contributed by atoms with van der Waals surface area (Å²) in [5.41, 5.74) is 0.130. The molecule has 4 aliphatic heterocycles. The summed E-state index contributed by atoms with van der Waals surface area (Å²) in [7, 11) is 0. The molecular formula is C19H30N4O4S. The van der Waals surface area contributed by atoms with E-state index >= 15 is 0 Å². The number of rotatable bonds is 5. The van der Waals surface area contributed by atoms with E-state index in [-0.39, 0.29) is 23.6 Å². The fourth-order valence-electron chi connectivity index (χ4n) is 5.15. The molecule has 156 valence electrons. The van der Waals surface area contributed by atoms with Gasteiger partial charge in [-0.05, 0) is 19.3 Å². The van der Waals surface area contributed by atoms with Crippen molar-refractivity contribution in [1.82, 2.24) is 20.9 Å². The number of hydrogen-bond acceptors (Lipinski definition) is 7. The third-order valence-electron chi connectivity index (χ3n) is 6.59. The monoisotopic (exact) mass is 410 g/mol. The average Bonchev–Trinajstić information content (AvgIpc) is 3.05. The van der Waals surface area contributed by atoms with Crippen LogP contribution in [0.4, 0.5) is 0 Å². The molecule has 1 unspecified atom stereocenters. The Hall–Kier alpha value is -1.13. The lowest BCUT2D eigenvalue weighted by Crippen LogP contribution is -2.63. The number of hydrogen-bond donors (Lipinski definition) is 5. The van der Waals surface area contributed by atoms with Crippen molar-refractivity contribution in [2.45, 2.75) is 43.7 Å². The number of β-lactam (4-membered cyclic amide) rings is 1. The molecule has 0 aromatic rings. The average molecular weight is 411 g/mol. The lowest BCUT2D eigenvalue weighted by Gasteiger charge is -2.46. The van der Waals surface area contributed by atoms with Crippen LogP contribution in [0, 0.1) is 17.8 Å². The molecule has 28 heavy (non-hydrogen) atoms. The van der Waals surface area contributed by atoms with Gasteiger partial charge in [0.1, 0.15) is 5.70 Å². The lowest BCUT2D eigenvalue weighted by atomic mass is 9.79. The van der Waals surface area contributed by atoms with Crippen LogP contribution in [0.15, 0.2) is 10.6 Å². The molecule has 0 spiro atoms. The number of nitrogens with one attached hydrogen (secondary N) is 3. The highest BCUT2D eigenvalue weighted by atomic mass is 32.2. The highest BCUT2D eigenvalue weighted by Gasteiger charge is 2.60. The number of nitrogens with zero attached hydrogens (tertiary/aromatic N) is 1. The summed E-state index contributed by atoms with van der Waals surface area (Å²) in [5, 5.41) is 30.6. The summed E-state index contributed by atoms with van der Waals surface area (Å²) >= 11 is 1.62. The first-order valence-electron chi connectivity index (χ1n) is 10.2. The molecule has 0 radical (unpaired) electrons. The summed E-state index contributed by atoms with van der Waals surface area (Å²) in [6, 6.07) is 0.173. The van der Waals surface area contributed by atoms with Crippen LogP contribution in [0.25, 0.3) is 0 Å². The van der Waals surface area contributed by atoms with Gasteiger partial charge in [0.2, 0.25) is 5.91 Å². The summed E-state index contributed by atoms with van der Waals surface area (Å²) in [5.74, 6) is -1.36. The number of aliphatic hydroxyl groups is 1. The van der Waals surface area contributed by atoms with Crippen LogP contribution < -0.4 is 16.0 Å². The molecule has 9 heteroatoms. The van der Waals surface area contributed by atoms with Gasteiger partial charge in [0, 0.05) is 54.8 Å². The Morgan fingerprint density at radius 3 is 2.54 bits per heavy atom. The standard InChI is InChI=1S/C19H30N4O4S/c1-9-15-14(10(2)24)18(25)23(15)16(19(26)27)17(9)28-12-5-13(22-8-12)11-6-20-3-4-21-7-11/h9-15,20-22,24H,3-8H2,1-2H3,(H,26,27)/t9-,10-,12+,13+,14?,15+/m1/s1. The van der Waals surface area contributed by atoms with E-state index in [1.807, 2.05) is 6.92 Å². The van der Waals surface area contributed by atoms with Crippen molar-refractivity contribution in [3.05, 3.63) is 10.6 Å². The van der Waals surface area contributed by atoms with E-state index < -0.39 is 18.0 Å². The van der Waals surface area contributed by atoms with Crippen LogP contribution in [0.1, 0.15) is 20.3 Å². The topological polar surface area (TPSA) is 114 Å².